The molecule has 1 aromatic rings. The van der Waals surface area contributed by atoms with E-state index in [9.17, 15) is 0 Å². The van der Waals surface area contributed by atoms with E-state index in [1.165, 1.54) is 5.56 Å². The fourth-order valence-corrected chi connectivity index (χ4v) is 2.98. The summed E-state index contributed by atoms with van der Waals surface area (Å²) in [6.07, 6.45) is 2.71. The number of likely N-dealkylation sites (tertiary alicyclic amines) is 1. The quantitative estimate of drug-likeness (QED) is 0.837. The summed E-state index contributed by atoms with van der Waals surface area (Å²) < 4.78 is 10.8. The maximum atomic E-state index is 5.45. The Bertz CT molecular complexity index is 417. The van der Waals surface area contributed by atoms with Gasteiger partial charge in [-0.05, 0) is 37.1 Å². The van der Waals surface area contributed by atoms with Gasteiger partial charge in [-0.25, -0.2) is 0 Å². The predicted molar refractivity (Wildman–Crippen MR) is 85.9 cm³/mol. The van der Waals surface area contributed by atoms with Crippen LogP contribution < -0.4 is 10.1 Å². The molecule has 1 aliphatic rings. The summed E-state index contributed by atoms with van der Waals surface area (Å²) in [7, 11) is 3.54. The topological polar surface area (TPSA) is 33.7 Å². The first-order valence-electron chi connectivity index (χ1n) is 7.89. The molecule has 0 aliphatic carbocycles. The van der Waals surface area contributed by atoms with Crippen molar-refractivity contribution in [3.05, 3.63) is 29.8 Å². The molecule has 118 valence electrons. The van der Waals surface area contributed by atoms with Crippen molar-refractivity contribution >= 4 is 0 Å². The molecule has 1 fully saturated rings. The number of likely N-dealkylation sites (N-methyl/N-ethyl adjacent to an activating group) is 1. The van der Waals surface area contributed by atoms with E-state index < -0.39 is 0 Å². The first-order chi connectivity index (χ1) is 10.3. The van der Waals surface area contributed by atoms with Crippen molar-refractivity contribution in [1.82, 2.24) is 10.2 Å². The number of nitrogens with zero attached hydrogens (tertiary/aromatic N) is 1. The van der Waals surface area contributed by atoms with Crippen LogP contribution >= 0.6 is 0 Å². The van der Waals surface area contributed by atoms with E-state index in [-0.39, 0.29) is 0 Å². The van der Waals surface area contributed by atoms with Gasteiger partial charge >= 0.3 is 0 Å². The molecule has 1 unspecified atom stereocenters. The number of hydrogen-bond acceptors (Lipinski definition) is 4. The maximum absolute atomic E-state index is 5.45. The zero-order valence-electron chi connectivity index (χ0n) is 13.5. The van der Waals surface area contributed by atoms with E-state index in [0.717, 1.165) is 44.8 Å². The van der Waals surface area contributed by atoms with Crippen LogP contribution in [0.25, 0.3) is 0 Å². The SMILES string of the molecule is CCNC(CN1CCC(OC)CC1)c1cccc(OC)c1. The second-order valence-electron chi connectivity index (χ2n) is 5.62. The van der Waals surface area contributed by atoms with Gasteiger partial charge in [0.2, 0.25) is 0 Å². The molecule has 2 rings (SSSR count). The summed E-state index contributed by atoms with van der Waals surface area (Å²) in [4.78, 5) is 2.53. The third kappa shape index (κ3) is 4.70. The molecule has 1 aromatic carbocycles. The van der Waals surface area contributed by atoms with Crippen molar-refractivity contribution in [2.75, 3.05) is 40.4 Å². The lowest BCUT2D eigenvalue weighted by molar-refractivity contribution is 0.0384. The van der Waals surface area contributed by atoms with E-state index in [1.54, 1.807) is 7.11 Å². The van der Waals surface area contributed by atoms with Gasteiger partial charge in [0.15, 0.2) is 0 Å². The smallest absolute Gasteiger partial charge is 0.119 e. The molecule has 0 aromatic heterocycles. The highest BCUT2D eigenvalue weighted by atomic mass is 16.5. The Morgan fingerprint density at radius 1 is 1.29 bits per heavy atom. The highest BCUT2D eigenvalue weighted by molar-refractivity contribution is 5.30. The highest BCUT2D eigenvalue weighted by Crippen LogP contribution is 2.22. The van der Waals surface area contributed by atoms with E-state index in [0.29, 0.717) is 12.1 Å². The number of ether oxygens (including phenoxy) is 2. The Morgan fingerprint density at radius 3 is 2.67 bits per heavy atom. The first kappa shape index (κ1) is 16.3. The van der Waals surface area contributed by atoms with E-state index in [2.05, 4.69) is 35.3 Å². The van der Waals surface area contributed by atoms with Crippen LogP contribution in [0.15, 0.2) is 24.3 Å². The summed E-state index contributed by atoms with van der Waals surface area (Å²) in [5.41, 5.74) is 1.30. The van der Waals surface area contributed by atoms with Gasteiger partial charge in [-0.2, -0.15) is 0 Å². The molecule has 4 heteroatoms. The minimum atomic E-state index is 0.351. The van der Waals surface area contributed by atoms with Crippen LogP contribution in [0.1, 0.15) is 31.4 Å². The molecule has 0 spiro atoms. The van der Waals surface area contributed by atoms with Crippen LogP contribution in [0.4, 0.5) is 0 Å². The Balaban J connectivity index is 1.98. The normalized spacial score (nSPS) is 18.6. The molecule has 4 nitrogen and oxygen atoms in total. The Hall–Kier alpha value is -1.10. The van der Waals surface area contributed by atoms with Gasteiger partial charge < -0.3 is 19.7 Å². The number of benzene rings is 1. The first-order valence-corrected chi connectivity index (χ1v) is 7.89. The van der Waals surface area contributed by atoms with Crippen molar-refractivity contribution in [3.8, 4) is 5.75 Å². The highest BCUT2D eigenvalue weighted by Gasteiger charge is 2.22. The number of hydrogen-bond donors (Lipinski definition) is 1. The van der Waals surface area contributed by atoms with Crippen LogP contribution in [0.5, 0.6) is 5.75 Å². The van der Waals surface area contributed by atoms with Crippen LogP contribution in [0.2, 0.25) is 0 Å². The van der Waals surface area contributed by atoms with Crippen molar-refractivity contribution in [3.63, 3.8) is 0 Å². The van der Waals surface area contributed by atoms with E-state index in [4.69, 9.17) is 9.47 Å². The number of nitrogens with one attached hydrogen (secondary N) is 1. The fourth-order valence-electron chi connectivity index (χ4n) is 2.98. The molecular formula is C17H28N2O2. The third-order valence-corrected chi connectivity index (χ3v) is 4.26. The largest absolute Gasteiger partial charge is 0.497 e. The molecule has 1 heterocycles. The molecule has 0 radical (unpaired) electrons. The summed E-state index contributed by atoms with van der Waals surface area (Å²) in [5, 5.41) is 3.59. The van der Waals surface area contributed by atoms with Crippen LogP contribution in [-0.2, 0) is 4.74 Å². The number of piperidine rings is 1. The number of rotatable bonds is 7. The van der Waals surface area contributed by atoms with Crippen molar-refractivity contribution in [1.29, 1.82) is 0 Å². The lowest BCUT2D eigenvalue weighted by Gasteiger charge is -2.34. The lowest BCUT2D eigenvalue weighted by Crippen LogP contribution is -2.41. The molecule has 1 saturated heterocycles. The van der Waals surface area contributed by atoms with E-state index in [1.807, 2.05) is 13.2 Å². The summed E-state index contributed by atoms with van der Waals surface area (Å²) >= 11 is 0. The Kier molecular flexibility index (Phi) is 6.49. The van der Waals surface area contributed by atoms with Crippen LogP contribution in [0.3, 0.4) is 0 Å². The molecule has 1 atom stereocenters. The molecule has 1 aliphatic heterocycles. The molecule has 0 amide bonds. The van der Waals surface area contributed by atoms with Crippen molar-refractivity contribution in [2.24, 2.45) is 0 Å². The van der Waals surface area contributed by atoms with Gasteiger partial charge in [-0.3, -0.25) is 0 Å². The molecular weight excluding hydrogens is 264 g/mol. The van der Waals surface area contributed by atoms with E-state index >= 15 is 0 Å². The second kappa shape index (κ2) is 8.37. The molecule has 0 bridgehead atoms. The Morgan fingerprint density at radius 2 is 2.05 bits per heavy atom. The lowest BCUT2D eigenvalue weighted by atomic mass is 10.0. The average molecular weight is 292 g/mol. The van der Waals surface area contributed by atoms with Gasteiger partial charge in [-0.15, -0.1) is 0 Å². The van der Waals surface area contributed by atoms with Gasteiger partial charge in [0.05, 0.1) is 13.2 Å². The minimum Gasteiger partial charge on any atom is -0.497 e. The zero-order chi connectivity index (χ0) is 15.1. The third-order valence-electron chi connectivity index (χ3n) is 4.26. The number of methoxy groups -OCH3 is 2. The zero-order valence-corrected chi connectivity index (χ0v) is 13.5. The van der Waals surface area contributed by atoms with Crippen LogP contribution in [-0.4, -0.2) is 51.4 Å². The second-order valence-corrected chi connectivity index (χ2v) is 5.62. The average Bonchev–Trinajstić information content (AvgIpc) is 2.55. The predicted octanol–water partition coefficient (Wildman–Crippen LogP) is 2.46. The van der Waals surface area contributed by atoms with Crippen LogP contribution in [0, 0.1) is 0 Å². The fraction of sp³-hybridized carbons (Fsp3) is 0.647. The summed E-state index contributed by atoms with van der Waals surface area (Å²) in [6, 6.07) is 8.73. The minimum absolute atomic E-state index is 0.351. The van der Waals surface area contributed by atoms with Gasteiger partial charge in [-0.1, -0.05) is 19.1 Å². The maximum Gasteiger partial charge on any atom is 0.119 e. The summed E-state index contributed by atoms with van der Waals surface area (Å²) in [6.45, 7) is 6.40. The van der Waals surface area contributed by atoms with Crippen molar-refractivity contribution in [2.45, 2.75) is 31.9 Å². The Labute approximate surface area is 128 Å². The standard InChI is InChI=1S/C17H28N2O2/c1-4-18-17(14-6-5-7-16(12-14)21-3)13-19-10-8-15(20-2)9-11-19/h5-7,12,15,17-18H,4,8-11,13H2,1-3H3. The summed E-state index contributed by atoms with van der Waals surface area (Å²) in [5.74, 6) is 0.925. The van der Waals surface area contributed by atoms with Crippen molar-refractivity contribution < 1.29 is 9.47 Å². The monoisotopic (exact) mass is 292 g/mol. The molecule has 1 N–H and O–H groups in total. The van der Waals surface area contributed by atoms with Gasteiger partial charge in [0.1, 0.15) is 5.75 Å². The van der Waals surface area contributed by atoms with Gasteiger partial charge in [0, 0.05) is 32.8 Å². The molecule has 21 heavy (non-hydrogen) atoms. The molecule has 0 saturated carbocycles. The van der Waals surface area contributed by atoms with Gasteiger partial charge in [0.25, 0.3) is 0 Å².